The zero-order valence-electron chi connectivity index (χ0n) is 18.7. The van der Waals surface area contributed by atoms with Gasteiger partial charge in [-0.3, -0.25) is 9.59 Å². The van der Waals surface area contributed by atoms with Gasteiger partial charge in [0.2, 0.25) is 10.0 Å². The molecule has 2 aromatic rings. The lowest BCUT2D eigenvalue weighted by Gasteiger charge is -2.28. The minimum absolute atomic E-state index is 0.293. The maximum absolute atomic E-state index is 13.1. The van der Waals surface area contributed by atoms with E-state index in [9.17, 15) is 27.5 Å². The first-order chi connectivity index (χ1) is 16.2. The van der Waals surface area contributed by atoms with Crippen molar-refractivity contribution in [1.82, 2.24) is 4.72 Å². The minimum Gasteiger partial charge on any atom is -0.454 e. The average Bonchev–Trinajstić information content (AvgIpc) is 2.82. The highest BCUT2D eigenvalue weighted by Crippen LogP contribution is 2.21. The zero-order valence-corrected chi connectivity index (χ0v) is 19.6. The van der Waals surface area contributed by atoms with Crippen molar-refractivity contribution in [3.8, 4) is 0 Å². The third-order valence-electron chi connectivity index (χ3n) is 5.36. The summed E-state index contributed by atoms with van der Waals surface area (Å²) in [5, 5.41) is 12.5. The number of hydrogen-bond acceptors (Lipinski definition) is 7. The summed E-state index contributed by atoms with van der Waals surface area (Å²) >= 11 is 0. The van der Waals surface area contributed by atoms with E-state index in [1.54, 1.807) is 12.1 Å². The molecule has 0 spiro atoms. The van der Waals surface area contributed by atoms with E-state index in [0.29, 0.717) is 5.69 Å². The third-order valence-corrected chi connectivity index (χ3v) is 6.82. The molecule has 1 amide bonds. The molecule has 1 aliphatic heterocycles. The molecule has 0 radical (unpaired) electrons. The van der Waals surface area contributed by atoms with Crippen molar-refractivity contribution in [3.05, 3.63) is 54.3 Å². The SMILES string of the molecule is C[C@@H](O)[C@@H](NS(=O)(=O)c1ccc(F)cc1)C(=O)OCC(=O)Nc1ccc(N2CCCCC2)cc1. The van der Waals surface area contributed by atoms with Crippen LogP contribution >= 0.6 is 0 Å². The molecular formula is C23H28FN3O6S. The molecule has 1 heterocycles. The summed E-state index contributed by atoms with van der Waals surface area (Å²) in [6.07, 6.45) is 2.08. The van der Waals surface area contributed by atoms with E-state index < -0.39 is 46.5 Å². The van der Waals surface area contributed by atoms with Crippen LogP contribution in [0.15, 0.2) is 53.4 Å². The Labute approximate surface area is 198 Å². The van der Waals surface area contributed by atoms with Crippen molar-refractivity contribution in [1.29, 1.82) is 0 Å². The number of aliphatic hydroxyl groups is 1. The summed E-state index contributed by atoms with van der Waals surface area (Å²) in [6.45, 7) is 2.52. The van der Waals surface area contributed by atoms with Gasteiger partial charge in [0.15, 0.2) is 6.61 Å². The van der Waals surface area contributed by atoms with E-state index in [-0.39, 0.29) is 4.90 Å². The Morgan fingerprint density at radius 3 is 2.26 bits per heavy atom. The van der Waals surface area contributed by atoms with Gasteiger partial charge >= 0.3 is 5.97 Å². The molecule has 9 nitrogen and oxygen atoms in total. The molecule has 3 N–H and O–H groups in total. The van der Waals surface area contributed by atoms with Crippen LogP contribution in [0.3, 0.4) is 0 Å². The zero-order chi connectivity index (χ0) is 24.7. The molecule has 184 valence electrons. The number of benzene rings is 2. The van der Waals surface area contributed by atoms with E-state index >= 15 is 0 Å². The van der Waals surface area contributed by atoms with Crippen LogP contribution in [0.5, 0.6) is 0 Å². The summed E-state index contributed by atoms with van der Waals surface area (Å²) < 4.78 is 44.9. The van der Waals surface area contributed by atoms with Gasteiger partial charge in [-0.15, -0.1) is 0 Å². The van der Waals surface area contributed by atoms with Crippen LogP contribution < -0.4 is 14.9 Å². The number of ether oxygens (including phenoxy) is 1. The summed E-state index contributed by atoms with van der Waals surface area (Å²) in [5.41, 5.74) is 1.59. The number of carbonyl (C=O) groups excluding carboxylic acids is 2. The molecule has 1 aliphatic rings. The summed E-state index contributed by atoms with van der Waals surface area (Å²) in [5.74, 6) is -2.38. The second-order valence-electron chi connectivity index (χ2n) is 8.04. The fraction of sp³-hybridized carbons (Fsp3) is 0.391. The fourth-order valence-electron chi connectivity index (χ4n) is 3.52. The molecule has 2 atom stereocenters. The predicted molar refractivity (Wildman–Crippen MR) is 124 cm³/mol. The van der Waals surface area contributed by atoms with Gasteiger partial charge < -0.3 is 20.1 Å². The number of carbonyl (C=O) groups is 2. The van der Waals surface area contributed by atoms with Crippen LogP contribution in [0.2, 0.25) is 0 Å². The van der Waals surface area contributed by atoms with Crippen molar-refractivity contribution >= 4 is 33.3 Å². The number of piperidine rings is 1. The number of rotatable bonds is 9. The van der Waals surface area contributed by atoms with Gasteiger partial charge in [0.1, 0.15) is 11.9 Å². The highest BCUT2D eigenvalue weighted by Gasteiger charge is 2.31. The molecule has 34 heavy (non-hydrogen) atoms. The fourth-order valence-corrected chi connectivity index (χ4v) is 4.78. The van der Waals surface area contributed by atoms with Crippen molar-refractivity contribution in [2.24, 2.45) is 0 Å². The topological polar surface area (TPSA) is 125 Å². The highest BCUT2D eigenvalue weighted by atomic mass is 32.2. The van der Waals surface area contributed by atoms with Crippen molar-refractivity contribution in [2.75, 3.05) is 29.9 Å². The smallest absolute Gasteiger partial charge is 0.327 e. The molecule has 11 heteroatoms. The third kappa shape index (κ3) is 6.99. The maximum Gasteiger partial charge on any atom is 0.327 e. The van der Waals surface area contributed by atoms with E-state index in [0.717, 1.165) is 55.9 Å². The lowest BCUT2D eigenvalue weighted by atomic mass is 10.1. The Bertz CT molecular complexity index is 1080. The van der Waals surface area contributed by atoms with Crippen LogP contribution in [0.4, 0.5) is 15.8 Å². The first-order valence-electron chi connectivity index (χ1n) is 10.9. The summed E-state index contributed by atoms with van der Waals surface area (Å²) in [7, 11) is -4.25. The monoisotopic (exact) mass is 493 g/mol. The number of nitrogens with one attached hydrogen (secondary N) is 2. The standard InChI is InChI=1S/C23H28FN3O6S/c1-16(28)22(26-34(31,32)20-11-5-17(24)6-12-20)23(30)33-15-21(29)25-18-7-9-19(10-8-18)27-13-3-2-4-14-27/h5-12,16,22,26,28H,2-4,13-15H2,1H3,(H,25,29)/t16-,22-/m1/s1. The lowest BCUT2D eigenvalue weighted by molar-refractivity contribution is -0.151. The minimum atomic E-state index is -4.25. The van der Waals surface area contributed by atoms with Gasteiger partial charge in [-0.1, -0.05) is 0 Å². The van der Waals surface area contributed by atoms with Crippen molar-refractivity contribution in [2.45, 2.75) is 43.2 Å². The van der Waals surface area contributed by atoms with Gasteiger partial charge in [0.05, 0.1) is 11.0 Å². The Balaban J connectivity index is 1.54. The Kier molecular flexibility index (Phi) is 8.59. The van der Waals surface area contributed by atoms with Crippen LogP contribution in [-0.2, 0) is 24.3 Å². The number of anilines is 2. The second-order valence-corrected chi connectivity index (χ2v) is 9.76. The molecule has 0 unspecified atom stereocenters. The van der Waals surface area contributed by atoms with E-state index in [2.05, 4.69) is 10.2 Å². The number of nitrogens with zero attached hydrogens (tertiary/aromatic N) is 1. The normalized spacial score (nSPS) is 15.9. The molecule has 0 aliphatic carbocycles. The number of hydrogen-bond donors (Lipinski definition) is 3. The maximum atomic E-state index is 13.1. The summed E-state index contributed by atoms with van der Waals surface area (Å²) in [4.78, 5) is 26.6. The van der Waals surface area contributed by atoms with Crippen molar-refractivity contribution < 1.29 is 32.2 Å². The Morgan fingerprint density at radius 1 is 1.06 bits per heavy atom. The predicted octanol–water partition coefficient (Wildman–Crippen LogP) is 2.03. The first kappa shape index (κ1) is 25.6. The van der Waals surface area contributed by atoms with Gasteiger partial charge in [0.25, 0.3) is 5.91 Å². The molecule has 2 aromatic carbocycles. The number of esters is 1. The number of halogens is 1. The molecule has 0 aromatic heterocycles. The Morgan fingerprint density at radius 2 is 1.68 bits per heavy atom. The summed E-state index contributed by atoms with van der Waals surface area (Å²) in [6, 6.07) is 9.59. The average molecular weight is 494 g/mol. The van der Waals surface area contributed by atoms with Gasteiger partial charge in [-0.2, -0.15) is 4.72 Å². The van der Waals surface area contributed by atoms with E-state index in [1.165, 1.54) is 13.3 Å². The van der Waals surface area contributed by atoms with Crippen molar-refractivity contribution in [3.63, 3.8) is 0 Å². The van der Waals surface area contributed by atoms with Gasteiger partial charge in [-0.05, 0) is 74.7 Å². The van der Waals surface area contributed by atoms with Crippen LogP contribution in [0.1, 0.15) is 26.2 Å². The number of sulfonamides is 1. The van der Waals surface area contributed by atoms with Crippen LogP contribution in [0, 0.1) is 5.82 Å². The molecule has 1 fully saturated rings. The van der Waals surface area contributed by atoms with Crippen LogP contribution in [0.25, 0.3) is 0 Å². The van der Waals surface area contributed by atoms with Crippen LogP contribution in [-0.4, -0.2) is 57.2 Å². The Hall–Kier alpha value is -3.02. The highest BCUT2D eigenvalue weighted by molar-refractivity contribution is 7.89. The molecular weight excluding hydrogens is 465 g/mol. The molecule has 0 saturated carbocycles. The van der Waals surface area contributed by atoms with E-state index in [1.807, 2.05) is 16.9 Å². The van der Waals surface area contributed by atoms with E-state index in [4.69, 9.17) is 4.74 Å². The molecule has 3 rings (SSSR count). The number of aliphatic hydroxyl groups excluding tert-OH is 1. The van der Waals surface area contributed by atoms with Gasteiger partial charge in [0, 0.05) is 24.5 Å². The first-order valence-corrected chi connectivity index (χ1v) is 12.4. The quantitative estimate of drug-likeness (QED) is 0.457. The molecule has 0 bridgehead atoms. The lowest BCUT2D eigenvalue weighted by Crippen LogP contribution is -2.48. The number of amides is 1. The largest absolute Gasteiger partial charge is 0.454 e. The van der Waals surface area contributed by atoms with Gasteiger partial charge in [-0.25, -0.2) is 12.8 Å². The second kappa shape index (κ2) is 11.4. The molecule has 1 saturated heterocycles.